The molecule has 2 aliphatic heterocycles. The molecule has 1 aromatic rings. The summed E-state index contributed by atoms with van der Waals surface area (Å²) in [4.78, 5) is 33.1. The van der Waals surface area contributed by atoms with Crippen molar-refractivity contribution in [1.29, 1.82) is 0 Å². The molecule has 2 amide bonds. The number of hydrogen-bond acceptors (Lipinski definition) is 3. The van der Waals surface area contributed by atoms with Gasteiger partial charge >= 0.3 is 0 Å². The van der Waals surface area contributed by atoms with Crippen LogP contribution in [0.3, 0.4) is 0 Å². The molecular weight excluding hydrogens is 290 g/mol. The number of nitrogens with zero attached hydrogens (tertiary/aromatic N) is 3. The van der Waals surface area contributed by atoms with Crippen LogP contribution >= 0.6 is 0 Å². The fourth-order valence-electron chi connectivity index (χ4n) is 3.89. The Bertz CT molecular complexity index is 598. The second-order valence-electron chi connectivity index (χ2n) is 6.42. The number of aromatic nitrogens is 1. The molecule has 5 nitrogen and oxygen atoms in total. The summed E-state index contributed by atoms with van der Waals surface area (Å²) in [5.41, 5.74) is 0.244. The molecule has 5 heteroatoms. The topological polar surface area (TPSA) is 53.5 Å². The van der Waals surface area contributed by atoms with E-state index in [2.05, 4.69) is 11.6 Å². The maximum Gasteiger partial charge on any atom is 0.272 e. The average molecular weight is 313 g/mol. The van der Waals surface area contributed by atoms with Crippen molar-refractivity contribution in [3.8, 4) is 0 Å². The summed E-state index contributed by atoms with van der Waals surface area (Å²) >= 11 is 0. The Kier molecular flexibility index (Phi) is 4.46. The molecule has 0 saturated carbocycles. The van der Waals surface area contributed by atoms with Crippen LogP contribution in [0, 0.1) is 0 Å². The van der Waals surface area contributed by atoms with Gasteiger partial charge in [0.2, 0.25) is 5.91 Å². The normalized spacial score (nSPS) is 24.8. The Morgan fingerprint density at radius 1 is 1.35 bits per heavy atom. The molecule has 1 spiro atoms. The van der Waals surface area contributed by atoms with Crippen LogP contribution in [0.25, 0.3) is 0 Å². The zero-order chi connectivity index (χ0) is 16.3. The SMILES string of the molecule is C=CCN1C(=O)CCC[C@]12CCCN(C(=O)c1ccccn1)C2. The van der Waals surface area contributed by atoms with Crippen molar-refractivity contribution in [2.75, 3.05) is 19.6 Å². The molecule has 0 bridgehead atoms. The largest absolute Gasteiger partial charge is 0.335 e. The summed E-state index contributed by atoms with van der Waals surface area (Å²) in [6.07, 6.45) is 7.75. The minimum absolute atomic E-state index is 0.0405. The first-order valence-corrected chi connectivity index (χ1v) is 8.28. The molecule has 1 aromatic heterocycles. The maximum atomic E-state index is 12.7. The van der Waals surface area contributed by atoms with Crippen molar-refractivity contribution in [3.05, 3.63) is 42.7 Å². The van der Waals surface area contributed by atoms with Crippen molar-refractivity contribution in [2.24, 2.45) is 0 Å². The first-order chi connectivity index (χ1) is 11.2. The van der Waals surface area contributed by atoms with Crippen LogP contribution in [-0.4, -0.2) is 51.8 Å². The van der Waals surface area contributed by atoms with Crippen LogP contribution in [0.5, 0.6) is 0 Å². The van der Waals surface area contributed by atoms with Crippen molar-refractivity contribution >= 4 is 11.8 Å². The van der Waals surface area contributed by atoms with E-state index in [1.165, 1.54) is 0 Å². The molecule has 23 heavy (non-hydrogen) atoms. The van der Waals surface area contributed by atoms with E-state index in [1.54, 1.807) is 24.4 Å². The van der Waals surface area contributed by atoms with Crippen LogP contribution in [0.1, 0.15) is 42.6 Å². The van der Waals surface area contributed by atoms with Gasteiger partial charge in [-0.15, -0.1) is 6.58 Å². The van der Waals surface area contributed by atoms with Gasteiger partial charge in [0.1, 0.15) is 5.69 Å². The minimum Gasteiger partial charge on any atom is -0.335 e. The van der Waals surface area contributed by atoms with Gasteiger partial charge in [0.15, 0.2) is 0 Å². The van der Waals surface area contributed by atoms with E-state index in [1.807, 2.05) is 15.9 Å². The highest BCUT2D eigenvalue weighted by Crippen LogP contribution is 2.37. The minimum atomic E-state index is -0.230. The predicted octanol–water partition coefficient (Wildman–Crippen LogP) is 2.25. The zero-order valence-electron chi connectivity index (χ0n) is 13.4. The van der Waals surface area contributed by atoms with E-state index in [9.17, 15) is 9.59 Å². The highest BCUT2D eigenvalue weighted by molar-refractivity contribution is 5.92. The monoisotopic (exact) mass is 313 g/mol. The standard InChI is InChI=1S/C18H23N3O2/c1-2-12-21-16(22)8-5-9-18(21)10-6-13-20(14-18)17(23)15-7-3-4-11-19-15/h2-4,7,11H,1,5-6,8-10,12-14H2/t18-/m1/s1. The van der Waals surface area contributed by atoms with Crippen molar-refractivity contribution < 1.29 is 9.59 Å². The molecule has 0 aromatic carbocycles. The van der Waals surface area contributed by atoms with E-state index in [-0.39, 0.29) is 17.4 Å². The smallest absolute Gasteiger partial charge is 0.272 e. The highest BCUT2D eigenvalue weighted by atomic mass is 16.2. The van der Waals surface area contributed by atoms with Crippen molar-refractivity contribution in [2.45, 2.75) is 37.6 Å². The van der Waals surface area contributed by atoms with Crippen LogP contribution in [-0.2, 0) is 4.79 Å². The summed E-state index contributed by atoms with van der Waals surface area (Å²) in [6.45, 7) is 5.67. The van der Waals surface area contributed by atoms with Gasteiger partial charge in [-0.1, -0.05) is 12.1 Å². The molecule has 0 N–H and O–H groups in total. The predicted molar refractivity (Wildman–Crippen MR) is 87.9 cm³/mol. The lowest BCUT2D eigenvalue weighted by molar-refractivity contribution is -0.143. The van der Waals surface area contributed by atoms with Gasteiger partial charge in [-0.25, -0.2) is 0 Å². The number of piperidine rings is 2. The number of pyridine rings is 1. The lowest BCUT2D eigenvalue weighted by Crippen LogP contribution is -2.63. The van der Waals surface area contributed by atoms with Gasteiger partial charge in [0.25, 0.3) is 5.91 Å². The fourth-order valence-corrected chi connectivity index (χ4v) is 3.89. The first-order valence-electron chi connectivity index (χ1n) is 8.28. The second-order valence-corrected chi connectivity index (χ2v) is 6.42. The fraction of sp³-hybridized carbons (Fsp3) is 0.500. The molecule has 0 unspecified atom stereocenters. The number of carbonyl (C=O) groups is 2. The average Bonchev–Trinajstić information content (AvgIpc) is 2.59. The number of likely N-dealkylation sites (tertiary alicyclic amines) is 2. The third-order valence-corrected chi connectivity index (χ3v) is 4.94. The lowest BCUT2D eigenvalue weighted by atomic mass is 9.79. The van der Waals surface area contributed by atoms with Gasteiger partial charge in [-0.2, -0.15) is 0 Å². The van der Waals surface area contributed by atoms with Crippen LogP contribution < -0.4 is 0 Å². The number of hydrogen-bond donors (Lipinski definition) is 0. The molecule has 122 valence electrons. The zero-order valence-corrected chi connectivity index (χ0v) is 13.4. The number of carbonyl (C=O) groups excluding carboxylic acids is 2. The van der Waals surface area contributed by atoms with Gasteiger partial charge in [0, 0.05) is 32.3 Å². The Balaban J connectivity index is 1.82. The van der Waals surface area contributed by atoms with E-state index in [0.717, 1.165) is 32.2 Å². The van der Waals surface area contributed by atoms with Gasteiger partial charge < -0.3 is 9.80 Å². The Hall–Kier alpha value is -2.17. The molecule has 0 radical (unpaired) electrons. The molecule has 0 aliphatic carbocycles. The van der Waals surface area contributed by atoms with E-state index in [4.69, 9.17) is 0 Å². The molecule has 3 rings (SSSR count). The van der Waals surface area contributed by atoms with Crippen LogP contribution in [0.15, 0.2) is 37.1 Å². The summed E-state index contributed by atoms with van der Waals surface area (Å²) < 4.78 is 0. The molecule has 2 fully saturated rings. The molecule has 3 heterocycles. The summed E-state index contributed by atoms with van der Waals surface area (Å²) in [5.74, 6) is 0.143. The van der Waals surface area contributed by atoms with Gasteiger partial charge in [-0.05, 0) is 37.8 Å². The van der Waals surface area contributed by atoms with E-state index in [0.29, 0.717) is 25.2 Å². The summed E-state index contributed by atoms with van der Waals surface area (Å²) in [7, 11) is 0. The lowest BCUT2D eigenvalue weighted by Gasteiger charge is -2.51. The third-order valence-electron chi connectivity index (χ3n) is 4.94. The Labute approximate surface area is 137 Å². The number of amides is 2. The highest BCUT2D eigenvalue weighted by Gasteiger charge is 2.45. The Morgan fingerprint density at radius 3 is 2.91 bits per heavy atom. The summed E-state index contributed by atoms with van der Waals surface area (Å²) in [6, 6.07) is 5.38. The van der Waals surface area contributed by atoms with E-state index < -0.39 is 0 Å². The summed E-state index contributed by atoms with van der Waals surface area (Å²) in [5, 5.41) is 0. The van der Waals surface area contributed by atoms with Gasteiger partial charge in [-0.3, -0.25) is 14.6 Å². The quantitative estimate of drug-likeness (QED) is 0.804. The molecular formula is C18H23N3O2. The first kappa shape index (κ1) is 15.7. The molecule has 2 aliphatic rings. The third kappa shape index (κ3) is 3.00. The number of rotatable bonds is 3. The van der Waals surface area contributed by atoms with Crippen molar-refractivity contribution in [3.63, 3.8) is 0 Å². The molecule has 1 atom stereocenters. The molecule has 2 saturated heterocycles. The second kappa shape index (κ2) is 6.52. The van der Waals surface area contributed by atoms with Crippen LogP contribution in [0.2, 0.25) is 0 Å². The Morgan fingerprint density at radius 2 is 2.17 bits per heavy atom. The van der Waals surface area contributed by atoms with E-state index >= 15 is 0 Å². The maximum absolute atomic E-state index is 12.7. The van der Waals surface area contributed by atoms with Crippen LogP contribution in [0.4, 0.5) is 0 Å². The van der Waals surface area contributed by atoms with Gasteiger partial charge in [0.05, 0.1) is 5.54 Å². The van der Waals surface area contributed by atoms with Crippen molar-refractivity contribution in [1.82, 2.24) is 14.8 Å².